The maximum Gasteiger partial charge on any atom is 0.348 e. The number of oxime groups is 1. The van der Waals surface area contributed by atoms with E-state index in [1.54, 1.807) is 6.92 Å². The summed E-state index contributed by atoms with van der Waals surface area (Å²) in [4.78, 5) is 15.9. The van der Waals surface area contributed by atoms with Crippen LogP contribution in [-0.4, -0.2) is 11.7 Å². The minimum absolute atomic E-state index is 0.286. The molecule has 1 unspecified atom stereocenters. The van der Waals surface area contributed by atoms with E-state index in [-0.39, 0.29) is 11.9 Å². The highest BCUT2D eigenvalue weighted by Gasteiger charge is 2.30. The van der Waals surface area contributed by atoms with Gasteiger partial charge in [0.2, 0.25) is 0 Å². The van der Waals surface area contributed by atoms with Crippen LogP contribution in [0.4, 0.5) is 0 Å². The van der Waals surface area contributed by atoms with Gasteiger partial charge < -0.3 is 4.84 Å². The predicted octanol–water partition coefficient (Wildman–Crippen LogP) is 2.01. The van der Waals surface area contributed by atoms with Crippen LogP contribution in [0.3, 0.4) is 0 Å². The lowest BCUT2D eigenvalue weighted by Gasteiger charge is -2.06. The van der Waals surface area contributed by atoms with Gasteiger partial charge in [0, 0.05) is 0 Å². The molecule has 3 nitrogen and oxygen atoms in total. The van der Waals surface area contributed by atoms with Gasteiger partial charge in [0.25, 0.3) is 0 Å². The van der Waals surface area contributed by atoms with E-state index in [0.717, 1.165) is 11.3 Å². The third kappa shape index (κ3) is 1.41. The van der Waals surface area contributed by atoms with E-state index in [1.165, 1.54) is 5.56 Å². The Balaban J connectivity index is 2.35. The van der Waals surface area contributed by atoms with E-state index in [9.17, 15) is 4.79 Å². The van der Waals surface area contributed by atoms with Crippen molar-refractivity contribution in [2.75, 3.05) is 0 Å². The average molecular weight is 189 g/mol. The first kappa shape index (κ1) is 8.94. The van der Waals surface area contributed by atoms with Crippen LogP contribution in [0.25, 0.3) is 0 Å². The molecular weight excluding hydrogens is 178 g/mol. The summed E-state index contributed by atoms with van der Waals surface area (Å²) in [6.45, 7) is 3.81. The van der Waals surface area contributed by atoms with Gasteiger partial charge in [-0.15, -0.1) is 0 Å². The molecule has 0 aromatic heterocycles. The maximum absolute atomic E-state index is 11.3. The lowest BCUT2D eigenvalue weighted by Crippen LogP contribution is -2.13. The fourth-order valence-corrected chi connectivity index (χ4v) is 1.53. The van der Waals surface area contributed by atoms with Crippen LogP contribution in [0.15, 0.2) is 29.4 Å². The van der Waals surface area contributed by atoms with Crippen LogP contribution in [-0.2, 0) is 9.63 Å². The Morgan fingerprint density at radius 1 is 1.21 bits per heavy atom. The zero-order chi connectivity index (χ0) is 10.1. The van der Waals surface area contributed by atoms with Gasteiger partial charge >= 0.3 is 5.97 Å². The monoisotopic (exact) mass is 189 g/mol. The molecule has 0 N–H and O–H groups in total. The highest BCUT2D eigenvalue weighted by atomic mass is 16.7. The summed E-state index contributed by atoms with van der Waals surface area (Å²) in [5.41, 5.74) is 2.84. The third-order valence-corrected chi connectivity index (χ3v) is 2.34. The molecular formula is C11H11NO2. The number of hydrogen-bond donors (Lipinski definition) is 0. The Hall–Kier alpha value is -1.64. The molecule has 0 amide bonds. The van der Waals surface area contributed by atoms with Crippen molar-refractivity contribution in [3.63, 3.8) is 0 Å². The number of carbonyl (C=O) groups excluding carboxylic acids is 1. The van der Waals surface area contributed by atoms with Crippen LogP contribution in [0.2, 0.25) is 0 Å². The van der Waals surface area contributed by atoms with Crippen molar-refractivity contribution in [3.05, 3.63) is 35.4 Å². The molecule has 14 heavy (non-hydrogen) atoms. The quantitative estimate of drug-likeness (QED) is 0.634. The lowest BCUT2D eigenvalue weighted by atomic mass is 9.95. The predicted molar refractivity (Wildman–Crippen MR) is 53.1 cm³/mol. The zero-order valence-corrected chi connectivity index (χ0v) is 8.15. The first-order chi connectivity index (χ1) is 6.68. The molecule has 1 aliphatic rings. The van der Waals surface area contributed by atoms with Crippen LogP contribution >= 0.6 is 0 Å². The molecule has 0 saturated carbocycles. The topological polar surface area (TPSA) is 38.7 Å². The molecule has 1 aromatic rings. The Morgan fingerprint density at radius 2 is 1.86 bits per heavy atom. The smallest absolute Gasteiger partial charge is 0.317 e. The van der Waals surface area contributed by atoms with Crippen LogP contribution < -0.4 is 0 Å². The molecule has 1 heterocycles. The molecule has 0 aliphatic carbocycles. The first-order valence-corrected chi connectivity index (χ1v) is 4.50. The van der Waals surface area contributed by atoms with E-state index >= 15 is 0 Å². The molecule has 1 atom stereocenters. The highest BCUT2D eigenvalue weighted by Crippen LogP contribution is 2.24. The second-order valence-electron chi connectivity index (χ2n) is 3.49. The second-order valence-corrected chi connectivity index (χ2v) is 3.49. The fourth-order valence-electron chi connectivity index (χ4n) is 1.53. The number of hydrogen-bond acceptors (Lipinski definition) is 3. The summed E-state index contributed by atoms with van der Waals surface area (Å²) >= 11 is 0. The zero-order valence-electron chi connectivity index (χ0n) is 8.15. The van der Waals surface area contributed by atoms with Crippen LogP contribution in [0.1, 0.15) is 24.0 Å². The van der Waals surface area contributed by atoms with Crippen molar-refractivity contribution < 1.29 is 9.63 Å². The molecule has 0 spiro atoms. The standard InChI is InChI=1S/C11H11NO2/c1-7-3-5-9(6-4-7)10-8(2)12-14-11(10)13/h3-6,10H,1-2H3. The largest absolute Gasteiger partial charge is 0.348 e. The Morgan fingerprint density at radius 3 is 2.36 bits per heavy atom. The maximum atomic E-state index is 11.3. The van der Waals surface area contributed by atoms with E-state index in [4.69, 9.17) is 0 Å². The highest BCUT2D eigenvalue weighted by molar-refractivity contribution is 6.08. The minimum Gasteiger partial charge on any atom is -0.317 e. The lowest BCUT2D eigenvalue weighted by molar-refractivity contribution is -0.141. The van der Waals surface area contributed by atoms with E-state index in [1.807, 2.05) is 31.2 Å². The molecule has 1 aromatic carbocycles. The summed E-state index contributed by atoms with van der Waals surface area (Å²) in [5.74, 6) is -0.595. The molecule has 1 aliphatic heterocycles. The van der Waals surface area contributed by atoms with E-state index in [0.29, 0.717) is 0 Å². The van der Waals surface area contributed by atoms with Crippen molar-refractivity contribution in [2.45, 2.75) is 19.8 Å². The van der Waals surface area contributed by atoms with E-state index < -0.39 is 0 Å². The summed E-state index contributed by atoms with van der Waals surface area (Å²) in [6.07, 6.45) is 0. The molecule has 0 saturated heterocycles. The SMILES string of the molecule is CC1=NOC(=O)C1c1ccc(C)cc1. The molecule has 3 heteroatoms. The summed E-state index contributed by atoms with van der Waals surface area (Å²) in [7, 11) is 0. The van der Waals surface area contributed by atoms with Crippen molar-refractivity contribution in [3.8, 4) is 0 Å². The molecule has 0 radical (unpaired) electrons. The van der Waals surface area contributed by atoms with Crippen LogP contribution in [0, 0.1) is 6.92 Å². The minimum atomic E-state index is -0.310. The van der Waals surface area contributed by atoms with Gasteiger partial charge in [0.05, 0.1) is 5.71 Å². The molecule has 2 rings (SSSR count). The Kier molecular flexibility index (Phi) is 2.08. The number of benzene rings is 1. The van der Waals surface area contributed by atoms with Gasteiger partial charge in [-0.05, 0) is 19.4 Å². The van der Waals surface area contributed by atoms with Gasteiger partial charge in [-0.1, -0.05) is 35.0 Å². The van der Waals surface area contributed by atoms with Gasteiger partial charge in [-0.25, -0.2) is 4.79 Å². The van der Waals surface area contributed by atoms with Crippen molar-refractivity contribution in [2.24, 2.45) is 5.16 Å². The summed E-state index contributed by atoms with van der Waals surface area (Å²) in [6, 6.07) is 7.83. The second kappa shape index (κ2) is 3.25. The summed E-state index contributed by atoms with van der Waals surface area (Å²) in [5, 5.41) is 3.66. The van der Waals surface area contributed by atoms with Gasteiger partial charge in [0.1, 0.15) is 5.92 Å². The first-order valence-electron chi connectivity index (χ1n) is 4.50. The average Bonchev–Trinajstić information content (AvgIpc) is 2.49. The normalized spacial score (nSPS) is 20.6. The third-order valence-electron chi connectivity index (χ3n) is 2.34. The molecule has 72 valence electrons. The van der Waals surface area contributed by atoms with Crippen molar-refractivity contribution in [1.82, 2.24) is 0 Å². The number of aryl methyl sites for hydroxylation is 1. The summed E-state index contributed by atoms with van der Waals surface area (Å²) < 4.78 is 0. The molecule has 0 bridgehead atoms. The molecule has 0 fully saturated rings. The Labute approximate surface area is 82.4 Å². The fraction of sp³-hybridized carbons (Fsp3) is 0.273. The number of carbonyl (C=O) groups is 1. The Bertz CT molecular complexity index is 392. The number of nitrogens with zero attached hydrogens (tertiary/aromatic N) is 1. The van der Waals surface area contributed by atoms with Crippen molar-refractivity contribution in [1.29, 1.82) is 0 Å². The van der Waals surface area contributed by atoms with Gasteiger partial charge in [0.15, 0.2) is 0 Å². The van der Waals surface area contributed by atoms with Gasteiger partial charge in [-0.3, -0.25) is 0 Å². The van der Waals surface area contributed by atoms with Crippen molar-refractivity contribution >= 4 is 11.7 Å². The van der Waals surface area contributed by atoms with E-state index in [2.05, 4.69) is 9.99 Å². The van der Waals surface area contributed by atoms with Gasteiger partial charge in [-0.2, -0.15) is 0 Å². The number of rotatable bonds is 1. The van der Waals surface area contributed by atoms with Crippen LogP contribution in [0.5, 0.6) is 0 Å².